The summed E-state index contributed by atoms with van der Waals surface area (Å²) in [5, 5.41) is 13.5. The molecule has 1 heterocycles. The number of hydrogen-bond acceptors (Lipinski definition) is 6. The Morgan fingerprint density at radius 3 is 2.37 bits per heavy atom. The Bertz CT molecular complexity index is 945. The van der Waals surface area contributed by atoms with Gasteiger partial charge >= 0.3 is 5.97 Å². The zero-order valence-electron chi connectivity index (χ0n) is 15.4. The molecule has 27 heavy (non-hydrogen) atoms. The minimum Gasteiger partial charge on any atom is -0.451 e. The van der Waals surface area contributed by atoms with E-state index in [9.17, 15) is 24.5 Å². The van der Waals surface area contributed by atoms with Gasteiger partial charge in [-0.1, -0.05) is 0 Å². The van der Waals surface area contributed by atoms with Gasteiger partial charge in [0.25, 0.3) is 11.6 Å². The van der Waals surface area contributed by atoms with Gasteiger partial charge in [-0.2, -0.15) is 0 Å². The SMILES string of the molecule is CC(=O)c1cc(C(=O)OCC(=O)Nc2cc(C)c(C)cc2[N+](=O)[O-])n(C)c1. The van der Waals surface area contributed by atoms with Crippen molar-refractivity contribution in [2.24, 2.45) is 7.05 Å². The highest BCUT2D eigenvalue weighted by molar-refractivity contribution is 5.99. The number of nitrogens with zero attached hydrogens (tertiary/aromatic N) is 2. The zero-order valence-corrected chi connectivity index (χ0v) is 15.4. The lowest BCUT2D eigenvalue weighted by atomic mass is 10.1. The van der Waals surface area contributed by atoms with Gasteiger partial charge in [0.05, 0.1) is 4.92 Å². The lowest BCUT2D eigenvalue weighted by Crippen LogP contribution is -2.22. The van der Waals surface area contributed by atoms with E-state index in [0.717, 1.165) is 11.1 Å². The molecule has 9 nitrogen and oxygen atoms in total. The van der Waals surface area contributed by atoms with Crippen molar-refractivity contribution in [3.8, 4) is 0 Å². The Hall–Kier alpha value is -3.49. The van der Waals surface area contributed by atoms with Crippen LogP contribution < -0.4 is 5.32 Å². The normalized spacial score (nSPS) is 10.4. The molecule has 2 rings (SSSR count). The van der Waals surface area contributed by atoms with Crippen LogP contribution in [0.2, 0.25) is 0 Å². The number of ketones is 1. The average molecular weight is 373 g/mol. The fourth-order valence-corrected chi connectivity index (χ4v) is 2.40. The predicted molar refractivity (Wildman–Crippen MR) is 96.9 cm³/mol. The fourth-order valence-electron chi connectivity index (χ4n) is 2.40. The second-order valence-electron chi connectivity index (χ2n) is 6.12. The smallest absolute Gasteiger partial charge is 0.355 e. The Kier molecular flexibility index (Phi) is 5.74. The Morgan fingerprint density at radius 1 is 1.19 bits per heavy atom. The monoisotopic (exact) mass is 373 g/mol. The number of carbonyl (C=O) groups excluding carboxylic acids is 3. The summed E-state index contributed by atoms with van der Waals surface area (Å²) in [6.45, 7) is 4.24. The molecule has 0 saturated heterocycles. The molecule has 0 spiro atoms. The Balaban J connectivity index is 2.07. The molecule has 0 aliphatic heterocycles. The van der Waals surface area contributed by atoms with Gasteiger partial charge in [-0.3, -0.25) is 19.7 Å². The molecular weight excluding hydrogens is 354 g/mol. The molecule has 0 fully saturated rings. The van der Waals surface area contributed by atoms with E-state index in [0.29, 0.717) is 5.56 Å². The van der Waals surface area contributed by atoms with Crippen molar-refractivity contribution in [3.05, 3.63) is 56.9 Å². The molecule has 0 bridgehead atoms. The van der Waals surface area contributed by atoms with Crippen LogP contribution in [0.5, 0.6) is 0 Å². The van der Waals surface area contributed by atoms with E-state index < -0.39 is 23.4 Å². The number of aromatic nitrogens is 1. The van der Waals surface area contributed by atoms with Gasteiger partial charge < -0.3 is 14.6 Å². The predicted octanol–water partition coefficient (Wildman–Crippen LogP) is 2.55. The molecule has 9 heteroatoms. The number of nitrogens with one attached hydrogen (secondary N) is 1. The molecule has 0 radical (unpaired) electrons. The summed E-state index contributed by atoms with van der Waals surface area (Å²) >= 11 is 0. The minimum absolute atomic E-state index is 0.0295. The maximum Gasteiger partial charge on any atom is 0.355 e. The maximum absolute atomic E-state index is 12.1. The van der Waals surface area contributed by atoms with Crippen LogP contribution >= 0.6 is 0 Å². The first-order valence-corrected chi connectivity index (χ1v) is 8.00. The lowest BCUT2D eigenvalue weighted by Gasteiger charge is -2.09. The number of amides is 1. The zero-order chi connectivity index (χ0) is 20.3. The van der Waals surface area contributed by atoms with Crippen LogP contribution in [0.25, 0.3) is 0 Å². The van der Waals surface area contributed by atoms with Crippen molar-refractivity contribution in [1.29, 1.82) is 0 Å². The number of rotatable bonds is 6. The summed E-state index contributed by atoms with van der Waals surface area (Å²) in [7, 11) is 1.57. The van der Waals surface area contributed by atoms with Crippen molar-refractivity contribution in [2.45, 2.75) is 20.8 Å². The number of carbonyl (C=O) groups is 3. The van der Waals surface area contributed by atoms with Gasteiger partial charge in [-0.25, -0.2) is 4.79 Å². The fraction of sp³-hybridized carbons (Fsp3) is 0.278. The molecule has 1 aromatic carbocycles. The highest BCUT2D eigenvalue weighted by atomic mass is 16.6. The second-order valence-corrected chi connectivity index (χ2v) is 6.12. The first kappa shape index (κ1) is 19.8. The van der Waals surface area contributed by atoms with Gasteiger partial charge in [0.15, 0.2) is 12.4 Å². The van der Waals surface area contributed by atoms with E-state index in [1.165, 1.54) is 35.9 Å². The molecule has 0 aliphatic rings. The topological polar surface area (TPSA) is 121 Å². The van der Waals surface area contributed by atoms with Crippen molar-refractivity contribution < 1.29 is 24.0 Å². The summed E-state index contributed by atoms with van der Waals surface area (Å²) in [5.41, 5.74) is 1.74. The number of benzene rings is 1. The number of hydrogen-bond donors (Lipinski definition) is 1. The third kappa shape index (κ3) is 4.57. The van der Waals surface area contributed by atoms with Crippen molar-refractivity contribution >= 4 is 29.0 Å². The molecule has 0 saturated carbocycles. The molecule has 2 aromatic rings. The third-order valence-electron chi connectivity index (χ3n) is 4.04. The summed E-state index contributed by atoms with van der Waals surface area (Å²) in [5.74, 6) is -1.70. The third-order valence-corrected chi connectivity index (χ3v) is 4.04. The van der Waals surface area contributed by atoms with Gasteiger partial charge in [-0.05, 0) is 44.0 Å². The van der Waals surface area contributed by atoms with Gasteiger partial charge in [0.2, 0.25) is 0 Å². The Morgan fingerprint density at radius 2 is 1.81 bits per heavy atom. The minimum atomic E-state index is -0.783. The molecule has 1 N–H and O–H groups in total. The first-order chi connectivity index (χ1) is 12.6. The number of anilines is 1. The van der Waals surface area contributed by atoms with Crippen LogP contribution in [0, 0.1) is 24.0 Å². The molecule has 1 amide bonds. The van der Waals surface area contributed by atoms with Crippen LogP contribution in [0.4, 0.5) is 11.4 Å². The van der Waals surface area contributed by atoms with E-state index >= 15 is 0 Å². The van der Waals surface area contributed by atoms with Gasteiger partial charge in [-0.15, -0.1) is 0 Å². The average Bonchev–Trinajstić information content (AvgIpc) is 2.97. The molecular formula is C18H19N3O6. The summed E-state index contributed by atoms with van der Waals surface area (Å²) in [4.78, 5) is 46.0. The molecule has 0 atom stereocenters. The number of esters is 1. The standard InChI is InChI=1S/C18H19N3O6/c1-10-5-14(15(21(25)26)6-11(10)2)19-17(23)9-27-18(24)16-7-13(12(3)22)8-20(16)4/h5-8H,9H2,1-4H3,(H,19,23). The van der Waals surface area contributed by atoms with Crippen LogP contribution in [0.3, 0.4) is 0 Å². The molecule has 0 unspecified atom stereocenters. The highest BCUT2D eigenvalue weighted by Gasteiger charge is 2.20. The summed E-state index contributed by atoms with van der Waals surface area (Å²) in [6.07, 6.45) is 1.48. The van der Waals surface area contributed by atoms with Crippen LogP contribution in [0.1, 0.15) is 38.9 Å². The number of aryl methyl sites for hydroxylation is 3. The second kappa shape index (κ2) is 7.81. The lowest BCUT2D eigenvalue weighted by molar-refractivity contribution is -0.384. The number of nitro groups is 1. The van der Waals surface area contributed by atoms with Crippen molar-refractivity contribution in [2.75, 3.05) is 11.9 Å². The molecule has 142 valence electrons. The van der Waals surface area contributed by atoms with Gasteiger partial charge in [0.1, 0.15) is 11.4 Å². The molecule has 1 aromatic heterocycles. The molecule has 0 aliphatic carbocycles. The summed E-state index contributed by atoms with van der Waals surface area (Å²) in [6, 6.07) is 4.23. The van der Waals surface area contributed by atoms with Crippen molar-refractivity contribution in [3.63, 3.8) is 0 Å². The van der Waals surface area contributed by atoms with Crippen molar-refractivity contribution in [1.82, 2.24) is 4.57 Å². The maximum atomic E-state index is 12.1. The number of ether oxygens (including phenoxy) is 1. The quantitative estimate of drug-likeness (QED) is 0.359. The number of Topliss-reactive ketones (excluding diaryl/α,β-unsaturated/α-hetero) is 1. The van der Waals surface area contributed by atoms with E-state index in [-0.39, 0.29) is 22.9 Å². The Labute approximate surface area is 155 Å². The van der Waals surface area contributed by atoms with Crippen LogP contribution in [-0.4, -0.2) is 33.8 Å². The van der Waals surface area contributed by atoms with E-state index in [1.54, 1.807) is 20.9 Å². The van der Waals surface area contributed by atoms with Gasteiger partial charge in [0, 0.05) is 24.9 Å². The number of nitro benzene ring substituents is 1. The van der Waals surface area contributed by atoms with E-state index in [4.69, 9.17) is 4.74 Å². The summed E-state index contributed by atoms with van der Waals surface area (Å²) < 4.78 is 6.36. The largest absolute Gasteiger partial charge is 0.451 e. The van der Waals surface area contributed by atoms with E-state index in [1.807, 2.05) is 0 Å². The van der Waals surface area contributed by atoms with Crippen LogP contribution in [-0.2, 0) is 16.6 Å². The van der Waals surface area contributed by atoms with E-state index in [2.05, 4.69) is 5.32 Å². The highest BCUT2D eigenvalue weighted by Crippen LogP contribution is 2.27. The van der Waals surface area contributed by atoms with Crippen LogP contribution in [0.15, 0.2) is 24.4 Å². The first-order valence-electron chi connectivity index (χ1n) is 8.00.